The second-order valence-corrected chi connectivity index (χ2v) is 4.55. The molecule has 0 aliphatic carbocycles. The van der Waals surface area contributed by atoms with Crippen LogP contribution in [-0.4, -0.2) is 26.4 Å². The van der Waals surface area contributed by atoms with Crippen molar-refractivity contribution in [1.29, 1.82) is 0 Å². The molecule has 1 amide bonds. The highest BCUT2D eigenvalue weighted by Gasteiger charge is 2.09. The van der Waals surface area contributed by atoms with Gasteiger partial charge in [-0.25, -0.2) is 0 Å². The number of hydrogen-bond donors (Lipinski definition) is 3. The summed E-state index contributed by atoms with van der Waals surface area (Å²) in [6.07, 6.45) is 0. The van der Waals surface area contributed by atoms with Gasteiger partial charge in [-0.15, -0.1) is 0 Å². The van der Waals surface area contributed by atoms with Gasteiger partial charge in [-0.2, -0.15) is 15.4 Å². The molecule has 0 saturated carbocycles. The number of nitrogens with zero attached hydrogens (tertiary/aromatic N) is 2. The van der Waals surface area contributed by atoms with Crippen molar-refractivity contribution < 1.29 is 9.90 Å². The standard InChI is InChI=1S/C13H9ClN4O2/c14-9-5-7(1-4-12(9)19)13(20)15-8-2-3-10-11(6-8)17-18-16-10/h1-6,19H,(H,15,20)(H,16,17,18). The van der Waals surface area contributed by atoms with Gasteiger partial charge in [0.25, 0.3) is 5.91 Å². The fourth-order valence-corrected chi connectivity index (χ4v) is 1.95. The molecular weight excluding hydrogens is 280 g/mol. The van der Waals surface area contributed by atoms with E-state index in [0.717, 1.165) is 5.52 Å². The van der Waals surface area contributed by atoms with Crippen LogP contribution in [0.2, 0.25) is 5.02 Å². The van der Waals surface area contributed by atoms with E-state index < -0.39 is 0 Å². The number of amides is 1. The predicted octanol–water partition coefficient (Wildman–Crippen LogP) is 2.57. The molecule has 0 aliphatic rings. The molecule has 3 rings (SSSR count). The van der Waals surface area contributed by atoms with Crippen LogP contribution in [0.25, 0.3) is 11.0 Å². The molecule has 20 heavy (non-hydrogen) atoms. The van der Waals surface area contributed by atoms with Crippen molar-refractivity contribution in [3.8, 4) is 5.75 Å². The number of anilines is 1. The van der Waals surface area contributed by atoms with Crippen LogP contribution in [0.5, 0.6) is 5.75 Å². The van der Waals surface area contributed by atoms with Gasteiger partial charge in [0.2, 0.25) is 0 Å². The summed E-state index contributed by atoms with van der Waals surface area (Å²) in [7, 11) is 0. The third kappa shape index (κ3) is 2.28. The lowest BCUT2D eigenvalue weighted by Crippen LogP contribution is -2.11. The second-order valence-electron chi connectivity index (χ2n) is 4.15. The molecule has 0 saturated heterocycles. The van der Waals surface area contributed by atoms with Crippen LogP contribution < -0.4 is 5.32 Å². The van der Waals surface area contributed by atoms with Gasteiger partial charge >= 0.3 is 0 Å². The molecule has 0 aliphatic heterocycles. The number of aromatic nitrogens is 3. The highest BCUT2D eigenvalue weighted by Crippen LogP contribution is 2.24. The van der Waals surface area contributed by atoms with E-state index in [1.54, 1.807) is 18.2 Å². The van der Waals surface area contributed by atoms with Crippen LogP contribution in [-0.2, 0) is 0 Å². The third-order valence-corrected chi connectivity index (χ3v) is 3.09. The summed E-state index contributed by atoms with van der Waals surface area (Å²) < 4.78 is 0. The molecule has 0 bridgehead atoms. The van der Waals surface area contributed by atoms with Crippen molar-refractivity contribution in [2.24, 2.45) is 0 Å². The first-order chi connectivity index (χ1) is 9.63. The lowest BCUT2D eigenvalue weighted by Gasteiger charge is -2.06. The largest absolute Gasteiger partial charge is 0.506 e. The number of carbonyl (C=O) groups is 1. The van der Waals surface area contributed by atoms with E-state index in [4.69, 9.17) is 11.6 Å². The fourth-order valence-electron chi connectivity index (χ4n) is 1.77. The summed E-state index contributed by atoms with van der Waals surface area (Å²) in [5, 5.41) is 22.6. The van der Waals surface area contributed by atoms with Crippen molar-refractivity contribution in [3.63, 3.8) is 0 Å². The number of aromatic amines is 1. The summed E-state index contributed by atoms with van der Waals surface area (Å²) in [5.74, 6) is -0.387. The van der Waals surface area contributed by atoms with Crippen LogP contribution in [0.15, 0.2) is 36.4 Å². The maximum Gasteiger partial charge on any atom is 0.255 e. The van der Waals surface area contributed by atoms with Crippen LogP contribution in [0.4, 0.5) is 5.69 Å². The minimum atomic E-state index is -0.324. The SMILES string of the molecule is O=C(Nc1ccc2n[nH]nc2c1)c1ccc(O)c(Cl)c1. The Labute approximate surface area is 118 Å². The number of phenolic OH excluding ortho intramolecular Hbond substituents is 1. The first-order valence-electron chi connectivity index (χ1n) is 5.74. The summed E-state index contributed by atoms with van der Waals surface area (Å²) in [4.78, 5) is 12.1. The van der Waals surface area contributed by atoms with E-state index >= 15 is 0 Å². The fraction of sp³-hybridized carbons (Fsp3) is 0. The van der Waals surface area contributed by atoms with Gasteiger partial charge in [-0.05, 0) is 36.4 Å². The first kappa shape index (κ1) is 12.4. The van der Waals surface area contributed by atoms with Crippen molar-refractivity contribution in [2.75, 3.05) is 5.32 Å². The Morgan fingerprint density at radius 3 is 2.75 bits per heavy atom. The molecule has 0 atom stereocenters. The van der Waals surface area contributed by atoms with Gasteiger partial charge in [0, 0.05) is 11.3 Å². The zero-order chi connectivity index (χ0) is 14.1. The summed E-state index contributed by atoms with van der Waals surface area (Å²) in [6, 6.07) is 9.45. The van der Waals surface area contributed by atoms with Gasteiger partial charge in [-0.1, -0.05) is 11.6 Å². The molecule has 0 radical (unpaired) electrons. The predicted molar refractivity (Wildman–Crippen MR) is 75.0 cm³/mol. The number of halogens is 1. The number of hydrogen-bond acceptors (Lipinski definition) is 4. The smallest absolute Gasteiger partial charge is 0.255 e. The lowest BCUT2D eigenvalue weighted by molar-refractivity contribution is 0.102. The molecule has 0 fully saturated rings. The van der Waals surface area contributed by atoms with Crippen molar-refractivity contribution in [1.82, 2.24) is 15.4 Å². The molecule has 3 aromatic rings. The number of nitrogens with one attached hydrogen (secondary N) is 2. The Hall–Kier alpha value is -2.60. The number of benzene rings is 2. The Balaban J connectivity index is 1.85. The maximum absolute atomic E-state index is 12.1. The van der Waals surface area contributed by atoms with Gasteiger partial charge in [0.15, 0.2) is 0 Å². The zero-order valence-corrected chi connectivity index (χ0v) is 10.8. The highest BCUT2D eigenvalue weighted by atomic mass is 35.5. The lowest BCUT2D eigenvalue weighted by atomic mass is 10.2. The number of carbonyl (C=O) groups excluding carboxylic acids is 1. The quantitative estimate of drug-likeness (QED) is 0.676. The van der Waals surface area contributed by atoms with Crippen LogP contribution in [0.1, 0.15) is 10.4 Å². The molecule has 0 unspecified atom stereocenters. The summed E-state index contributed by atoms with van der Waals surface area (Å²) >= 11 is 5.77. The Kier molecular flexibility index (Phi) is 3.00. The number of fused-ring (bicyclic) bond motifs is 1. The van der Waals surface area contributed by atoms with Gasteiger partial charge in [-0.3, -0.25) is 4.79 Å². The Morgan fingerprint density at radius 1 is 1.15 bits per heavy atom. The Bertz CT molecular complexity index is 800. The highest BCUT2D eigenvalue weighted by molar-refractivity contribution is 6.32. The normalized spacial score (nSPS) is 10.7. The number of aromatic hydroxyl groups is 1. The van der Waals surface area contributed by atoms with Crippen molar-refractivity contribution in [3.05, 3.63) is 47.0 Å². The molecule has 100 valence electrons. The molecule has 7 heteroatoms. The van der Waals surface area contributed by atoms with Crippen LogP contribution in [0, 0.1) is 0 Å². The average molecular weight is 289 g/mol. The van der Waals surface area contributed by atoms with E-state index in [1.165, 1.54) is 18.2 Å². The molecular formula is C13H9ClN4O2. The van der Waals surface area contributed by atoms with Crippen molar-refractivity contribution >= 4 is 34.2 Å². The maximum atomic E-state index is 12.1. The number of phenols is 1. The first-order valence-corrected chi connectivity index (χ1v) is 6.12. The topological polar surface area (TPSA) is 90.9 Å². The van der Waals surface area contributed by atoms with E-state index in [0.29, 0.717) is 16.8 Å². The minimum absolute atomic E-state index is 0.0627. The van der Waals surface area contributed by atoms with Crippen LogP contribution in [0.3, 0.4) is 0 Å². The summed E-state index contributed by atoms with van der Waals surface area (Å²) in [5.41, 5.74) is 2.33. The molecule has 1 heterocycles. The average Bonchev–Trinajstić information content (AvgIpc) is 2.89. The van der Waals surface area contributed by atoms with Gasteiger partial charge in [0.05, 0.1) is 5.02 Å². The third-order valence-electron chi connectivity index (χ3n) is 2.78. The van der Waals surface area contributed by atoms with Gasteiger partial charge < -0.3 is 10.4 Å². The molecule has 2 aromatic carbocycles. The minimum Gasteiger partial charge on any atom is -0.506 e. The van der Waals surface area contributed by atoms with E-state index in [1.807, 2.05) is 0 Å². The number of H-pyrrole nitrogens is 1. The Morgan fingerprint density at radius 2 is 1.95 bits per heavy atom. The molecule has 3 N–H and O–H groups in total. The van der Waals surface area contributed by atoms with E-state index in [2.05, 4.69) is 20.7 Å². The van der Waals surface area contributed by atoms with E-state index in [-0.39, 0.29) is 16.7 Å². The van der Waals surface area contributed by atoms with Crippen LogP contribution >= 0.6 is 11.6 Å². The number of rotatable bonds is 2. The molecule has 6 nitrogen and oxygen atoms in total. The summed E-state index contributed by atoms with van der Waals surface area (Å²) in [6.45, 7) is 0. The molecule has 1 aromatic heterocycles. The second kappa shape index (κ2) is 4.82. The van der Waals surface area contributed by atoms with E-state index in [9.17, 15) is 9.90 Å². The zero-order valence-electron chi connectivity index (χ0n) is 10.1. The monoisotopic (exact) mass is 288 g/mol. The van der Waals surface area contributed by atoms with Gasteiger partial charge in [0.1, 0.15) is 16.8 Å². The molecule has 0 spiro atoms. The van der Waals surface area contributed by atoms with Crippen molar-refractivity contribution in [2.45, 2.75) is 0 Å².